The summed E-state index contributed by atoms with van der Waals surface area (Å²) in [6.07, 6.45) is 0. The van der Waals surface area contributed by atoms with Gasteiger partial charge in [0.2, 0.25) is 0 Å². The van der Waals surface area contributed by atoms with Gasteiger partial charge in [0, 0.05) is 16.6 Å². The number of hydrogen-bond acceptors (Lipinski definition) is 2. The summed E-state index contributed by atoms with van der Waals surface area (Å²) in [7, 11) is -0.422. The van der Waals surface area contributed by atoms with E-state index in [-0.39, 0.29) is 0 Å². The molecule has 0 atom stereocenters. The van der Waals surface area contributed by atoms with Crippen LogP contribution in [0.4, 0.5) is 0 Å². The van der Waals surface area contributed by atoms with Gasteiger partial charge in [-0.15, -0.1) is 0 Å². The molecule has 1 heterocycles. The second-order valence-corrected chi connectivity index (χ2v) is 6.37. The average Bonchev–Trinajstić information content (AvgIpc) is 3.09. The first-order valence-electron chi connectivity index (χ1n) is 8.47. The normalized spacial score (nSPS) is 13.6. The first-order valence-corrected chi connectivity index (χ1v) is 8.47. The molecule has 0 spiro atoms. The molecule has 0 N–H and O–H groups in total. The van der Waals surface area contributed by atoms with E-state index < -0.39 is 7.12 Å². The molecule has 0 amide bonds. The van der Waals surface area contributed by atoms with Crippen LogP contribution in [0.25, 0.3) is 11.5 Å². The van der Waals surface area contributed by atoms with E-state index >= 15 is 0 Å². The molecule has 3 aromatic rings. The molecule has 122 valence electrons. The monoisotopic (exact) mass is 326 g/mol. The highest BCUT2D eigenvalue weighted by atomic mass is 16.6. The average molecular weight is 326 g/mol. The lowest BCUT2D eigenvalue weighted by Gasteiger charge is -2.07. The number of benzene rings is 3. The highest BCUT2D eigenvalue weighted by molar-refractivity contribution is 6.64. The summed E-state index contributed by atoms with van der Waals surface area (Å²) in [5, 5.41) is 0. The number of rotatable bonds is 3. The third kappa shape index (κ3) is 3.18. The molecule has 3 heteroatoms. The molecule has 0 fully saturated rings. The first-order chi connectivity index (χ1) is 12.2. The molecule has 2 nitrogen and oxygen atoms in total. The Kier molecular flexibility index (Phi) is 4.06. The van der Waals surface area contributed by atoms with E-state index in [0.29, 0.717) is 0 Å². The van der Waals surface area contributed by atoms with Gasteiger partial charge in [-0.05, 0) is 13.8 Å². The topological polar surface area (TPSA) is 18.5 Å². The molecule has 3 aromatic carbocycles. The molecule has 0 unspecified atom stereocenters. The zero-order valence-electron chi connectivity index (χ0n) is 14.4. The van der Waals surface area contributed by atoms with Crippen LogP contribution in [-0.2, 0) is 9.31 Å². The maximum atomic E-state index is 6.23. The third-order valence-electron chi connectivity index (χ3n) is 4.36. The molecule has 1 aliphatic rings. The SMILES string of the molecule is Cc1ccc(C2=C(c3ccc(C)cc3)OB(c3ccccc3)O2)cc1. The molecular formula is C22H19BO2. The van der Waals surface area contributed by atoms with Gasteiger partial charge in [0.1, 0.15) is 0 Å². The van der Waals surface area contributed by atoms with Gasteiger partial charge in [-0.1, -0.05) is 90.0 Å². The quantitative estimate of drug-likeness (QED) is 0.656. The summed E-state index contributed by atoms with van der Waals surface area (Å²) in [6.45, 7) is 4.16. The fourth-order valence-electron chi connectivity index (χ4n) is 2.90. The maximum absolute atomic E-state index is 6.23. The predicted molar refractivity (Wildman–Crippen MR) is 103 cm³/mol. The Morgan fingerprint density at radius 1 is 0.560 bits per heavy atom. The van der Waals surface area contributed by atoms with Gasteiger partial charge < -0.3 is 9.31 Å². The van der Waals surface area contributed by atoms with Crippen LogP contribution in [0.5, 0.6) is 0 Å². The van der Waals surface area contributed by atoms with Gasteiger partial charge in [0.25, 0.3) is 0 Å². The molecule has 1 aliphatic heterocycles. The van der Waals surface area contributed by atoms with Crippen LogP contribution in [0.15, 0.2) is 78.9 Å². The van der Waals surface area contributed by atoms with E-state index in [2.05, 4.69) is 62.4 Å². The van der Waals surface area contributed by atoms with E-state index in [9.17, 15) is 0 Å². The molecule has 0 radical (unpaired) electrons. The highest BCUT2D eigenvalue weighted by Crippen LogP contribution is 2.35. The van der Waals surface area contributed by atoms with Crippen molar-refractivity contribution in [1.82, 2.24) is 0 Å². The van der Waals surface area contributed by atoms with E-state index in [4.69, 9.17) is 9.31 Å². The lowest BCUT2D eigenvalue weighted by Crippen LogP contribution is -2.31. The first kappa shape index (κ1) is 15.6. The lowest BCUT2D eigenvalue weighted by molar-refractivity contribution is 0.445. The predicted octanol–water partition coefficient (Wildman–Crippen LogP) is 4.57. The fourth-order valence-corrected chi connectivity index (χ4v) is 2.90. The van der Waals surface area contributed by atoms with Crippen molar-refractivity contribution in [3.05, 3.63) is 101 Å². The Bertz CT molecular complexity index is 840. The summed E-state index contributed by atoms with van der Waals surface area (Å²) in [6, 6.07) is 26.7. The number of aryl methyl sites for hydroxylation is 2. The van der Waals surface area contributed by atoms with E-state index in [1.54, 1.807) is 0 Å². The largest absolute Gasteiger partial charge is 0.632 e. The van der Waals surface area contributed by atoms with Gasteiger partial charge in [-0.2, -0.15) is 0 Å². The highest BCUT2D eigenvalue weighted by Gasteiger charge is 2.37. The second kappa shape index (κ2) is 6.52. The summed E-state index contributed by atoms with van der Waals surface area (Å²) < 4.78 is 12.5. The molecular weight excluding hydrogens is 307 g/mol. The summed E-state index contributed by atoms with van der Waals surface area (Å²) in [4.78, 5) is 0. The van der Waals surface area contributed by atoms with Crippen molar-refractivity contribution >= 4 is 24.1 Å². The van der Waals surface area contributed by atoms with Crippen molar-refractivity contribution in [2.24, 2.45) is 0 Å². The molecule has 25 heavy (non-hydrogen) atoms. The summed E-state index contributed by atoms with van der Waals surface area (Å²) in [5.41, 5.74) is 5.51. The van der Waals surface area contributed by atoms with Crippen molar-refractivity contribution in [2.75, 3.05) is 0 Å². The van der Waals surface area contributed by atoms with Crippen molar-refractivity contribution in [2.45, 2.75) is 13.8 Å². The number of hydrogen-bond donors (Lipinski definition) is 0. The van der Waals surface area contributed by atoms with E-state index in [1.807, 2.05) is 30.3 Å². The van der Waals surface area contributed by atoms with Gasteiger partial charge in [-0.3, -0.25) is 0 Å². The van der Waals surface area contributed by atoms with Crippen LogP contribution in [0.3, 0.4) is 0 Å². The summed E-state index contributed by atoms with van der Waals surface area (Å²) >= 11 is 0. The Morgan fingerprint density at radius 2 is 1.00 bits per heavy atom. The molecule has 0 aliphatic carbocycles. The van der Waals surface area contributed by atoms with Gasteiger partial charge in [0.05, 0.1) is 0 Å². The van der Waals surface area contributed by atoms with Crippen LogP contribution >= 0.6 is 0 Å². The Morgan fingerprint density at radius 3 is 1.44 bits per heavy atom. The van der Waals surface area contributed by atoms with Gasteiger partial charge >= 0.3 is 7.12 Å². The minimum absolute atomic E-state index is 0.422. The van der Waals surface area contributed by atoms with Crippen molar-refractivity contribution in [3.63, 3.8) is 0 Å². The van der Waals surface area contributed by atoms with Crippen LogP contribution < -0.4 is 5.46 Å². The fraction of sp³-hybridized carbons (Fsp3) is 0.0909. The van der Waals surface area contributed by atoms with Crippen LogP contribution in [0.1, 0.15) is 22.3 Å². The molecule has 0 saturated heterocycles. The lowest BCUT2D eigenvalue weighted by atomic mass is 9.79. The Hall–Kier alpha value is -2.94. The zero-order valence-corrected chi connectivity index (χ0v) is 14.4. The second-order valence-electron chi connectivity index (χ2n) is 6.37. The standard InChI is InChI=1S/C22H19BO2/c1-16-8-12-18(13-9-16)21-22(19-14-10-17(2)11-15-19)25-23(24-21)20-6-4-3-5-7-20/h3-15H,1-2H3. The summed E-state index contributed by atoms with van der Waals surface area (Å²) in [5.74, 6) is 1.58. The van der Waals surface area contributed by atoms with Crippen LogP contribution in [-0.4, -0.2) is 7.12 Å². The van der Waals surface area contributed by atoms with Gasteiger partial charge in [-0.25, -0.2) is 0 Å². The molecule has 0 aromatic heterocycles. The van der Waals surface area contributed by atoms with Crippen molar-refractivity contribution in [3.8, 4) is 0 Å². The molecule has 4 rings (SSSR count). The van der Waals surface area contributed by atoms with Crippen molar-refractivity contribution in [1.29, 1.82) is 0 Å². The van der Waals surface area contributed by atoms with Gasteiger partial charge in [0.15, 0.2) is 11.5 Å². The zero-order chi connectivity index (χ0) is 17.2. The van der Waals surface area contributed by atoms with E-state index in [1.165, 1.54) is 11.1 Å². The molecule has 0 saturated carbocycles. The smallest absolute Gasteiger partial charge is 0.519 e. The van der Waals surface area contributed by atoms with Crippen LogP contribution in [0, 0.1) is 13.8 Å². The maximum Gasteiger partial charge on any atom is 0.632 e. The van der Waals surface area contributed by atoms with Crippen LogP contribution in [0.2, 0.25) is 0 Å². The van der Waals surface area contributed by atoms with E-state index in [0.717, 1.165) is 28.1 Å². The van der Waals surface area contributed by atoms with Crippen molar-refractivity contribution < 1.29 is 9.31 Å². The Labute approximate surface area is 148 Å². The third-order valence-corrected chi connectivity index (χ3v) is 4.36. The Balaban J connectivity index is 1.76. The minimum Gasteiger partial charge on any atom is -0.519 e. The minimum atomic E-state index is -0.422. The molecule has 0 bridgehead atoms.